The van der Waals surface area contributed by atoms with Crippen LogP contribution in [0.3, 0.4) is 0 Å². The lowest BCUT2D eigenvalue weighted by atomic mass is 10.9. The van der Waals surface area contributed by atoms with Crippen molar-refractivity contribution >= 4 is 12.6 Å². The molecule has 40 valence electrons. The molecule has 0 rings (SSSR count). The van der Waals surface area contributed by atoms with E-state index in [1.165, 1.54) is 6.34 Å². The van der Waals surface area contributed by atoms with E-state index in [1.54, 1.807) is 13.1 Å². The standard InChI is InChI=1S/C3H8N4/c1-2-6-7-3-5-4/h2-3H,4H2,1H3,(H,5,7)/b6-2+. The van der Waals surface area contributed by atoms with Gasteiger partial charge in [0, 0.05) is 6.21 Å². The smallest absolute Gasteiger partial charge is 0.128 e. The third-order valence-electron chi connectivity index (χ3n) is 0.336. The van der Waals surface area contributed by atoms with Gasteiger partial charge in [0.15, 0.2) is 0 Å². The number of nitrogens with one attached hydrogen (secondary N) is 1. The summed E-state index contributed by atoms with van der Waals surface area (Å²) >= 11 is 0. The molecule has 7 heavy (non-hydrogen) atoms. The first-order chi connectivity index (χ1) is 3.41. The number of nitrogens with two attached hydrogens (primary N) is 1. The molecule has 0 aliphatic rings. The highest BCUT2D eigenvalue weighted by atomic mass is 15.3. The van der Waals surface area contributed by atoms with Crippen molar-refractivity contribution in [1.29, 1.82) is 0 Å². The van der Waals surface area contributed by atoms with Gasteiger partial charge in [-0.25, -0.2) is 0 Å². The van der Waals surface area contributed by atoms with Gasteiger partial charge in [-0.05, 0) is 6.92 Å². The Morgan fingerprint density at radius 1 is 1.71 bits per heavy atom. The first-order valence-corrected chi connectivity index (χ1v) is 1.86. The van der Waals surface area contributed by atoms with E-state index < -0.39 is 0 Å². The van der Waals surface area contributed by atoms with E-state index in [1.807, 2.05) is 0 Å². The fourth-order valence-corrected chi connectivity index (χ4v) is 0.141. The normalized spacial score (nSPS) is 11.0. The molecule has 0 fully saturated rings. The molecule has 0 aromatic heterocycles. The summed E-state index contributed by atoms with van der Waals surface area (Å²) in [7, 11) is 0. The van der Waals surface area contributed by atoms with Crippen molar-refractivity contribution in [3.8, 4) is 0 Å². The van der Waals surface area contributed by atoms with Crippen LogP contribution in [0.15, 0.2) is 10.2 Å². The van der Waals surface area contributed by atoms with Crippen LogP contribution in [0.1, 0.15) is 6.92 Å². The van der Waals surface area contributed by atoms with Crippen LogP contribution in [0.2, 0.25) is 0 Å². The molecule has 0 aromatic rings. The third-order valence-corrected chi connectivity index (χ3v) is 0.336. The quantitative estimate of drug-likeness (QED) is 0.212. The maximum atomic E-state index is 4.70. The Balaban J connectivity index is 2.98. The van der Waals surface area contributed by atoms with Gasteiger partial charge in [0.1, 0.15) is 6.34 Å². The fourth-order valence-electron chi connectivity index (χ4n) is 0.141. The number of hydrogen-bond donors (Lipinski definition) is 2. The summed E-state index contributed by atoms with van der Waals surface area (Å²) in [4.78, 5) is 0. The Bertz CT molecular complexity index is 65.0. The van der Waals surface area contributed by atoms with Crippen LogP contribution in [0.4, 0.5) is 0 Å². The Morgan fingerprint density at radius 2 is 2.43 bits per heavy atom. The minimum absolute atomic E-state index is 1.29. The summed E-state index contributed by atoms with van der Waals surface area (Å²) < 4.78 is 0. The van der Waals surface area contributed by atoms with Crippen LogP contribution in [-0.2, 0) is 0 Å². The second-order valence-electron chi connectivity index (χ2n) is 0.795. The molecule has 4 nitrogen and oxygen atoms in total. The molecule has 0 spiro atoms. The lowest BCUT2D eigenvalue weighted by molar-refractivity contribution is 1.04. The highest BCUT2D eigenvalue weighted by Crippen LogP contribution is 1.46. The summed E-state index contributed by atoms with van der Waals surface area (Å²) in [6.45, 7) is 1.79. The molecule has 0 saturated carbocycles. The van der Waals surface area contributed by atoms with Gasteiger partial charge in [-0.1, -0.05) is 0 Å². The van der Waals surface area contributed by atoms with E-state index in [0.29, 0.717) is 0 Å². The lowest BCUT2D eigenvalue weighted by Crippen LogP contribution is -2.02. The highest BCUT2D eigenvalue weighted by molar-refractivity contribution is 5.58. The molecule has 4 heteroatoms. The lowest BCUT2D eigenvalue weighted by Gasteiger charge is -1.80. The van der Waals surface area contributed by atoms with Crippen molar-refractivity contribution in [3.63, 3.8) is 0 Å². The van der Waals surface area contributed by atoms with E-state index in [0.717, 1.165) is 0 Å². The fraction of sp³-hybridized carbons (Fsp3) is 0.333. The van der Waals surface area contributed by atoms with E-state index >= 15 is 0 Å². The van der Waals surface area contributed by atoms with Crippen LogP contribution in [0.25, 0.3) is 0 Å². The van der Waals surface area contributed by atoms with Crippen LogP contribution in [0, 0.1) is 0 Å². The van der Waals surface area contributed by atoms with Crippen molar-refractivity contribution in [2.24, 2.45) is 16.0 Å². The first kappa shape index (κ1) is 5.94. The van der Waals surface area contributed by atoms with Crippen molar-refractivity contribution in [3.05, 3.63) is 0 Å². The molecule has 0 amide bonds. The second kappa shape index (κ2) is 4.94. The van der Waals surface area contributed by atoms with Crippen LogP contribution in [-0.4, -0.2) is 12.6 Å². The number of nitrogens with zero attached hydrogens (tertiary/aromatic N) is 2. The number of hydrazone groups is 2. The van der Waals surface area contributed by atoms with Gasteiger partial charge in [0.25, 0.3) is 0 Å². The zero-order chi connectivity index (χ0) is 5.54. The van der Waals surface area contributed by atoms with Crippen molar-refractivity contribution in [1.82, 2.24) is 5.43 Å². The predicted octanol–water partition coefficient (Wildman–Crippen LogP) is -0.516. The monoisotopic (exact) mass is 100 g/mol. The molecule has 0 saturated heterocycles. The van der Waals surface area contributed by atoms with Crippen molar-refractivity contribution in [2.75, 3.05) is 0 Å². The first-order valence-electron chi connectivity index (χ1n) is 1.86. The summed E-state index contributed by atoms with van der Waals surface area (Å²) in [5, 5.41) is 6.68. The third kappa shape index (κ3) is 4.94. The summed E-state index contributed by atoms with van der Waals surface area (Å²) in [5.41, 5.74) is 2.44. The molecule has 0 radical (unpaired) electrons. The minimum atomic E-state index is 1.29. The molecular weight excluding hydrogens is 92.1 g/mol. The Morgan fingerprint density at radius 3 is 2.86 bits per heavy atom. The number of hydrogen-bond acceptors (Lipinski definition) is 3. The number of rotatable bonds is 2. The largest absolute Gasteiger partial charge is 0.322 e. The Labute approximate surface area is 42.1 Å². The van der Waals surface area contributed by atoms with Gasteiger partial charge in [0.2, 0.25) is 0 Å². The topological polar surface area (TPSA) is 62.8 Å². The molecule has 0 heterocycles. The summed E-state index contributed by atoms with van der Waals surface area (Å²) in [5.74, 6) is 4.70. The SMILES string of the molecule is C/C=N/N/C=N\N. The zero-order valence-corrected chi connectivity index (χ0v) is 4.13. The van der Waals surface area contributed by atoms with Crippen LogP contribution >= 0.6 is 0 Å². The van der Waals surface area contributed by atoms with E-state index in [2.05, 4.69) is 15.6 Å². The molecule has 0 aliphatic carbocycles. The summed E-state index contributed by atoms with van der Waals surface area (Å²) in [6.07, 6.45) is 2.89. The van der Waals surface area contributed by atoms with Gasteiger partial charge in [-0.15, -0.1) is 0 Å². The maximum Gasteiger partial charge on any atom is 0.128 e. The molecule has 0 bridgehead atoms. The van der Waals surface area contributed by atoms with Gasteiger partial charge in [0.05, 0.1) is 0 Å². The van der Waals surface area contributed by atoms with E-state index in [9.17, 15) is 0 Å². The van der Waals surface area contributed by atoms with Gasteiger partial charge >= 0.3 is 0 Å². The van der Waals surface area contributed by atoms with Crippen LogP contribution < -0.4 is 11.3 Å². The minimum Gasteiger partial charge on any atom is -0.322 e. The van der Waals surface area contributed by atoms with Gasteiger partial charge in [-0.2, -0.15) is 10.2 Å². The average Bonchev–Trinajstić information content (AvgIpc) is 1.69. The maximum absolute atomic E-state index is 4.70. The summed E-state index contributed by atoms with van der Waals surface area (Å²) in [6, 6.07) is 0. The molecule has 3 N–H and O–H groups in total. The average molecular weight is 100 g/mol. The Hall–Kier alpha value is -1.06. The van der Waals surface area contributed by atoms with Crippen molar-refractivity contribution in [2.45, 2.75) is 6.92 Å². The molecule has 0 aliphatic heterocycles. The van der Waals surface area contributed by atoms with Gasteiger partial charge in [-0.3, -0.25) is 5.43 Å². The molecule has 0 aromatic carbocycles. The van der Waals surface area contributed by atoms with E-state index in [4.69, 9.17) is 5.84 Å². The van der Waals surface area contributed by atoms with E-state index in [-0.39, 0.29) is 0 Å². The van der Waals surface area contributed by atoms with Crippen molar-refractivity contribution < 1.29 is 0 Å². The molecule has 0 atom stereocenters. The highest BCUT2D eigenvalue weighted by Gasteiger charge is 1.56. The zero-order valence-electron chi connectivity index (χ0n) is 4.13. The van der Waals surface area contributed by atoms with Gasteiger partial charge < -0.3 is 5.84 Å². The van der Waals surface area contributed by atoms with Crippen LogP contribution in [0.5, 0.6) is 0 Å². The second-order valence-corrected chi connectivity index (χ2v) is 0.795. The molecular formula is C3H8N4. The molecule has 0 unspecified atom stereocenters. The Kier molecular flexibility index (Phi) is 4.19. The predicted molar refractivity (Wildman–Crippen MR) is 30.0 cm³/mol.